The molecule has 15 heavy (non-hydrogen) atoms. The number of carbonyl (C=O) groups excluding carboxylic acids is 1. The number of rotatable bonds is 5. The van der Waals surface area contributed by atoms with Crippen molar-refractivity contribution in [1.29, 1.82) is 0 Å². The summed E-state index contributed by atoms with van der Waals surface area (Å²) in [5, 5.41) is 3.21. The normalized spacial score (nSPS) is 20.7. The number of piperazine rings is 1. The standard InChI is InChI=1S/C11H22N2O2/c1-4-8-15-9-7-13-6-5-12-11(2,3)10(13)14/h12H,4-9H2,1-3H3. The fraction of sp³-hybridized carbons (Fsp3) is 0.909. The van der Waals surface area contributed by atoms with Crippen LogP contribution >= 0.6 is 0 Å². The Hall–Kier alpha value is -0.610. The molecule has 0 radical (unpaired) electrons. The fourth-order valence-corrected chi connectivity index (χ4v) is 1.71. The summed E-state index contributed by atoms with van der Waals surface area (Å²) in [6.45, 7) is 9.73. The van der Waals surface area contributed by atoms with Gasteiger partial charge in [-0.25, -0.2) is 0 Å². The van der Waals surface area contributed by atoms with Crippen LogP contribution in [0.4, 0.5) is 0 Å². The van der Waals surface area contributed by atoms with Gasteiger partial charge in [-0.05, 0) is 20.3 Å². The minimum absolute atomic E-state index is 0.175. The third-order valence-corrected chi connectivity index (χ3v) is 2.62. The van der Waals surface area contributed by atoms with Gasteiger partial charge in [0.05, 0.1) is 12.1 Å². The summed E-state index contributed by atoms with van der Waals surface area (Å²) in [5.41, 5.74) is -0.414. The monoisotopic (exact) mass is 214 g/mol. The zero-order chi connectivity index (χ0) is 11.3. The van der Waals surface area contributed by atoms with Gasteiger partial charge in [0, 0.05) is 26.2 Å². The lowest BCUT2D eigenvalue weighted by Gasteiger charge is -2.38. The van der Waals surface area contributed by atoms with Crippen LogP contribution in [0.25, 0.3) is 0 Å². The van der Waals surface area contributed by atoms with Crippen molar-refractivity contribution in [2.45, 2.75) is 32.7 Å². The van der Waals surface area contributed by atoms with E-state index in [4.69, 9.17) is 4.74 Å². The first-order valence-electron chi connectivity index (χ1n) is 5.70. The van der Waals surface area contributed by atoms with Gasteiger partial charge in [0.25, 0.3) is 0 Å². The largest absolute Gasteiger partial charge is 0.380 e. The Labute approximate surface area is 92.0 Å². The van der Waals surface area contributed by atoms with E-state index in [0.717, 1.165) is 26.1 Å². The summed E-state index contributed by atoms with van der Waals surface area (Å²) in [7, 11) is 0. The molecule has 0 bridgehead atoms. The molecule has 1 saturated heterocycles. The van der Waals surface area contributed by atoms with Crippen LogP contribution in [0.1, 0.15) is 27.2 Å². The molecule has 0 spiro atoms. The number of nitrogens with one attached hydrogen (secondary N) is 1. The van der Waals surface area contributed by atoms with Crippen LogP contribution in [0.15, 0.2) is 0 Å². The molecule has 0 saturated carbocycles. The van der Waals surface area contributed by atoms with Crippen LogP contribution < -0.4 is 5.32 Å². The number of ether oxygens (including phenoxy) is 1. The molecule has 1 fully saturated rings. The lowest BCUT2D eigenvalue weighted by Crippen LogP contribution is -2.61. The lowest BCUT2D eigenvalue weighted by molar-refractivity contribution is -0.140. The van der Waals surface area contributed by atoms with Crippen molar-refractivity contribution in [3.63, 3.8) is 0 Å². The van der Waals surface area contributed by atoms with Crippen LogP contribution in [0, 0.1) is 0 Å². The first-order valence-corrected chi connectivity index (χ1v) is 5.70. The number of amides is 1. The van der Waals surface area contributed by atoms with Crippen molar-refractivity contribution in [1.82, 2.24) is 10.2 Å². The number of nitrogens with zero attached hydrogens (tertiary/aromatic N) is 1. The van der Waals surface area contributed by atoms with Crippen molar-refractivity contribution in [2.24, 2.45) is 0 Å². The first-order chi connectivity index (χ1) is 7.08. The molecule has 1 N–H and O–H groups in total. The molecule has 1 aliphatic rings. The Morgan fingerprint density at radius 1 is 1.47 bits per heavy atom. The Kier molecular flexibility index (Phi) is 4.54. The average Bonchev–Trinajstić information content (AvgIpc) is 2.19. The minimum atomic E-state index is -0.414. The third kappa shape index (κ3) is 3.47. The van der Waals surface area contributed by atoms with Gasteiger partial charge in [0.2, 0.25) is 5.91 Å². The summed E-state index contributed by atoms with van der Waals surface area (Å²) in [6, 6.07) is 0. The van der Waals surface area contributed by atoms with Crippen LogP contribution in [0.3, 0.4) is 0 Å². The Balaban J connectivity index is 2.32. The van der Waals surface area contributed by atoms with E-state index in [-0.39, 0.29) is 5.91 Å². The Morgan fingerprint density at radius 2 is 2.20 bits per heavy atom. The zero-order valence-corrected chi connectivity index (χ0v) is 10.0. The van der Waals surface area contributed by atoms with E-state index in [1.807, 2.05) is 18.7 Å². The van der Waals surface area contributed by atoms with Crippen molar-refractivity contribution in [2.75, 3.05) is 32.8 Å². The highest BCUT2D eigenvalue weighted by Gasteiger charge is 2.34. The second kappa shape index (κ2) is 5.47. The lowest BCUT2D eigenvalue weighted by atomic mass is 10.0. The van der Waals surface area contributed by atoms with Gasteiger partial charge in [0.1, 0.15) is 0 Å². The molecule has 0 aromatic carbocycles. The molecular formula is C11H22N2O2. The molecule has 0 atom stereocenters. The molecule has 1 heterocycles. The van der Waals surface area contributed by atoms with Crippen LogP contribution in [-0.2, 0) is 9.53 Å². The third-order valence-electron chi connectivity index (χ3n) is 2.62. The number of hydrogen-bond acceptors (Lipinski definition) is 3. The second-order valence-electron chi connectivity index (χ2n) is 4.46. The summed E-state index contributed by atoms with van der Waals surface area (Å²) in [5.74, 6) is 0.175. The predicted molar refractivity (Wildman–Crippen MR) is 59.8 cm³/mol. The van der Waals surface area contributed by atoms with Gasteiger partial charge in [-0.3, -0.25) is 4.79 Å². The highest BCUT2D eigenvalue weighted by atomic mass is 16.5. The van der Waals surface area contributed by atoms with Gasteiger partial charge in [0.15, 0.2) is 0 Å². The molecule has 1 amide bonds. The first kappa shape index (κ1) is 12.5. The van der Waals surface area contributed by atoms with Crippen LogP contribution in [0.2, 0.25) is 0 Å². The van der Waals surface area contributed by atoms with E-state index in [1.54, 1.807) is 0 Å². The summed E-state index contributed by atoms with van der Waals surface area (Å²) >= 11 is 0. The molecule has 4 nitrogen and oxygen atoms in total. The van der Waals surface area contributed by atoms with E-state index < -0.39 is 5.54 Å². The molecule has 4 heteroatoms. The Morgan fingerprint density at radius 3 is 2.87 bits per heavy atom. The number of hydrogen-bond donors (Lipinski definition) is 1. The fourth-order valence-electron chi connectivity index (χ4n) is 1.71. The maximum Gasteiger partial charge on any atom is 0.242 e. The Bertz CT molecular complexity index is 217. The highest BCUT2D eigenvalue weighted by Crippen LogP contribution is 2.11. The smallest absolute Gasteiger partial charge is 0.242 e. The van der Waals surface area contributed by atoms with Crippen molar-refractivity contribution >= 4 is 5.91 Å². The quantitative estimate of drug-likeness (QED) is 0.682. The maximum atomic E-state index is 11.9. The second-order valence-corrected chi connectivity index (χ2v) is 4.46. The highest BCUT2D eigenvalue weighted by molar-refractivity contribution is 5.86. The molecule has 0 aromatic rings. The topological polar surface area (TPSA) is 41.6 Å². The molecule has 0 aliphatic carbocycles. The van der Waals surface area contributed by atoms with E-state index in [1.165, 1.54) is 0 Å². The average molecular weight is 214 g/mol. The molecule has 1 rings (SSSR count). The van der Waals surface area contributed by atoms with Gasteiger partial charge >= 0.3 is 0 Å². The zero-order valence-electron chi connectivity index (χ0n) is 10.0. The van der Waals surface area contributed by atoms with Crippen LogP contribution in [-0.4, -0.2) is 49.2 Å². The van der Waals surface area contributed by atoms with Crippen molar-refractivity contribution in [3.8, 4) is 0 Å². The van der Waals surface area contributed by atoms with Crippen molar-refractivity contribution in [3.05, 3.63) is 0 Å². The molecule has 88 valence electrons. The number of carbonyl (C=O) groups is 1. The SMILES string of the molecule is CCCOCCN1CCNC(C)(C)C1=O. The summed E-state index contributed by atoms with van der Waals surface area (Å²) in [6.07, 6.45) is 1.03. The van der Waals surface area contributed by atoms with E-state index in [2.05, 4.69) is 12.2 Å². The van der Waals surface area contributed by atoms with Gasteiger partial charge < -0.3 is 15.0 Å². The van der Waals surface area contributed by atoms with E-state index in [9.17, 15) is 4.79 Å². The molecule has 0 aromatic heterocycles. The van der Waals surface area contributed by atoms with E-state index >= 15 is 0 Å². The predicted octanol–water partition coefficient (Wildman–Crippen LogP) is 0.623. The summed E-state index contributed by atoms with van der Waals surface area (Å²) < 4.78 is 5.39. The summed E-state index contributed by atoms with van der Waals surface area (Å²) in [4.78, 5) is 13.8. The van der Waals surface area contributed by atoms with Gasteiger partial charge in [-0.1, -0.05) is 6.92 Å². The molecule has 0 unspecified atom stereocenters. The minimum Gasteiger partial charge on any atom is -0.380 e. The molecule has 1 aliphatic heterocycles. The van der Waals surface area contributed by atoms with Crippen LogP contribution in [0.5, 0.6) is 0 Å². The molecular weight excluding hydrogens is 192 g/mol. The van der Waals surface area contributed by atoms with Gasteiger partial charge in [-0.2, -0.15) is 0 Å². The van der Waals surface area contributed by atoms with Crippen molar-refractivity contribution < 1.29 is 9.53 Å². The van der Waals surface area contributed by atoms with E-state index in [0.29, 0.717) is 13.2 Å². The van der Waals surface area contributed by atoms with Gasteiger partial charge in [-0.15, -0.1) is 0 Å². The maximum absolute atomic E-state index is 11.9.